The minimum Gasteiger partial charge on any atom is -0.491 e. The van der Waals surface area contributed by atoms with Crippen molar-refractivity contribution in [1.82, 2.24) is 0 Å². The minimum atomic E-state index is -0.714. The molecule has 1 unspecified atom stereocenters. The molecule has 5 nitrogen and oxygen atoms in total. The predicted octanol–water partition coefficient (Wildman–Crippen LogP) is 2.72. The van der Waals surface area contributed by atoms with E-state index < -0.39 is 5.41 Å². The molecule has 5 rings (SSSR count). The molecule has 0 aliphatic carbocycles. The summed E-state index contributed by atoms with van der Waals surface area (Å²) in [7, 11) is 1.81. The van der Waals surface area contributed by atoms with Gasteiger partial charge in [0.05, 0.1) is 0 Å². The molecule has 0 bridgehead atoms. The van der Waals surface area contributed by atoms with Crippen LogP contribution in [0.5, 0.6) is 5.75 Å². The van der Waals surface area contributed by atoms with Crippen LogP contribution in [0.4, 0.5) is 11.4 Å². The van der Waals surface area contributed by atoms with E-state index in [2.05, 4.69) is 0 Å². The number of carbonyl (C=O) groups excluding carboxylic acids is 1. The average Bonchev–Trinajstić information content (AvgIpc) is 3.35. The van der Waals surface area contributed by atoms with E-state index in [0.29, 0.717) is 18.0 Å². The van der Waals surface area contributed by atoms with E-state index in [4.69, 9.17) is 15.2 Å². The molecule has 3 aliphatic heterocycles. The van der Waals surface area contributed by atoms with E-state index in [-0.39, 0.29) is 5.91 Å². The lowest BCUT2D eigenvalue weighted by Crippen LogP contribution is -2.40. The highest BCUT2D eigenvalue weighted by Crippen LogP contribution is 2.51. The number of ether oxygens (including phenoxy) is 2. The van der Waals surface area contributed by atoms with Crippen molar-refractivity contribution in [2.45, 2.75) is 18.3 Å². The fraction of sp³-hybridized carbons (Fsp3) is 0.350. The molecule has 1 spiro atoms. The minimum absolute atomic E-state index is 0.0576. The zero-order valence-corrected chi connectivity index (χ0v) is 14.3. The van der Waals surface area contributed by atoms with Crippen molar-refractivity contribution >= 4 is 17.3 Å². The van der Waals surface area contributed by atoms with E-state index in [9.17, 15) is 4.79 Å². The number of carbonyl (C=O) groups is 1. The van der Waals surface area contributed by atoms with Crippen LogP contribution in [0, 0.1) is 0 Å². The standard InChI is InChI=1S/C16H14N2O2.C4H8O/c1-18-13-5-3-2-4-11(13)16(15(18)19)9-20-14-8-10(17)6-7-12(14)16;1-2-4-5-3-1/h2-8H,9,17H2,1H3;1-4H2. The van der Waals surface area contributed by atoms with Gasteiger partial charge in [0, 0.05) is 43.3 Å². The zero-order chi connectivity index (χ0) is 17.4. The third-order valence-corrected chi connectivity index (χ3v) is 5.13. The lowest BCUT2D eigenvalue weighted by molar-refractivity contribution is -0.121. The number of hydrogen-bond acceptors (Lipinski definition) is 4. The number of nitrogen functional groups attached to an aromatic ring is 1. The number of anilines is 2. The molecule has 1 saturated heterocycles. The second-order valence-corrected chi connectivity index (χ2v) is 6.65. The first-order chi connectivity index (χ1) is 12.1. The van der Waals surface area contributed by atoms with Gasteiger partial charge in [0.2, 0.25) is 5.91 Å². The molecular weight excluding hydrogens is 316 g/mol. The van der Waals surface area contributed by atoms with Crippen LogP contribution in [0.2, 0.25) is 0 Å². The average molecular weight is 338 g/mol. The van der Waals surface area contributed by atoms with Gasteiger partial charge in [-0.3, -0.25) is 4.79 Å². The summed E-state index contributed by atoms with van der Waals surface area (Å²) in [5.74, 6) is 0.769. The lowest BCUT2D eigenvalue weighted by atomic mass is 9.77. The normalized spacial score (nSPS) is 23.1. The van der Waals surface area contributed by atoms with Crippen LogP contribution in [0.3, 0.4) is 0 Å². The Bertz CT molecular complexity index is 809. The van der Waals surface area contributed by atoms with E-state index in [0.717, 1.165) is 30.0 Å². The monoisotopic (exact) mass is 338 g/mol. The zero-order valence-electron chi connectivity index (χ0n) is 14.3. The van der Waals surface area contributed by atoms with Crippen molar-refractivity contribution in [3.63, 3.8) is 0 Å². The molecule has 3 heterocycles. The Kier molecular flexibility index (Phi) is 3.88. The van der Waals surface area contributed by atoms with Crippen molar-refractivity contribution in [3.05, 3.63) is 53.6 Å². The number of likely N-dealkylation sites (N-methyl/N-ethyl adjacent to an activating group) is 1. The van der Waals surface area contributed by atoms with Gasteiger partial charge in [-0.15, -0.1) is 0 Å². The highest BCUT2D eigenvalue weighted by molar-refractivity contribution is 6.11. The van der Waals surface area contributed by atoms with Crippen LogP contribution in [-0.4, -0.2) is 32.8 Å². The largest absolute Gasteiger partial charge is 0.491 e. The smallest absolute Gasteiger partial charge is 0.245 e. The maximum Gasteiger partial charge on any atom is 0.245 e. The molecule has 0 aromatic heterocycles. The Labute approximate surface area is 147 Å². The topological polar surface area (TPSA) is 64.8 Å². The molecule has 1 fully saturated rings. The second-order valence-electron chi connectivity index (χ2n) is 6.65. The van der Waals surface area contributed by atoms with E-state index >= 15 is 0 Å². The molecular formula is C20H22N2O3. The molecule has 25 heavy (non-hydrogen) atoms. The first-order valence-corrected chi connectivity index (χ1v) is 8.63. The fourth-order valence-electron chi connectivity index (χ4n) is 3.82. The summed E-state index contributed by atoms with van der Waals surface area (Å²) in [4.78, 5) is 14.6. The van der Waals surface area contributed by atoms with Crippen LogP contribution in [0.25, 0.3) is 0 Å². The number of rotatable bonds is 0. The first-order valence-electron chi connectivity index (χ1n) is 8.63. The Morgan fingerprint density at radius 3 is 2.56 bits per heavy atom. The fourth-order valence-corrected chi connectivity index (χ4v) is 3.82. The number of nitrogens with zero attached hydrogens (tertiary/aromatic N) is 1. The highest BCUT2D eigenvalue weighted by Gasteiger charge is 2.55. The van der Waals surface area contributed by atoms with Gasteiger partial charge in [-0.25, -0.2) is 0 Å². The van der Waals surface area contributed by atoms with Gasteiger partial charge in [-0.1, -0.05) is 24.3 Å². The number of fused-ring (bicyclic) bond motifs is 4. The molecule has 1 atom stereocenters. The predicted molar refractivity (Wildman–Crippen MR) is 97.0 cm³/mol. The van der Waals surface area contributed by atoms with Crippen LogP contribution in [0.1, 0.15) is 24.0 Å². The van der Waals surface area contributed by atoms with E-state index in [1.54, 1.807) is 11.0 Å². The molecule has 2 aromatic rings. The summed E-state index contributed by atoms with van der Waals surface area (Å²) in [5.41, 5.74) is 8.60. The van der Waals surface area contributed by atoms with E-state index in [1.807, 2.05) is 43.4 Å². The van der Waals surface area contributed by atoms with Gasteiger partial charge < -0.3 is 20.1 Å². The summed E-state index contributed by atoms with van der Waals surface area (Å²) in [6.07, 6.45) is 2.56. The van der Waals surface area contributed by atoms with Crippen LogP contribution >= 0.6 is 0 Å². The third-order valence-electron chi connectivity index (χ3n) is 5.13. The Hall–Kier alpha value is -2.53. The summed E-state index contributed by atoms with van der Waals surface area (Å²) in [6.45, 7) is 2.34. The number of amides is 1. The van der Waals surface area contributed by atoms with Crippen LogP contribution in [0.15, 0.2) is 42.5 Å². The second kappa shape index (κ2) is 6.08. The van der Waals surface area contributed by atoms with Gasteiger partial charge in [0.1, 0.15) is 17.8 Å². The van der Waals surface area contributed by atoms with Crippen molar-refractivity contribution in [1.29, 1.82) is 0 Å². The first kappa shape index (κ1) is 16.0. The van der Waals surface area contributed by atoms with E-state index in [1.165, 1.54) is 12.8 Å². The van der Waals surface area contributed by atoms with Crippen molar-refractivity contribution < 1.29 is 14.3 Å². The van der Waals surface area contributed by atoms with Gasteiger partial charge in [-0.05, 0) is 30.5 Å². The molecule has 2 N–H and O–H groups in total. The summed E-state index contributed by atoms with van der Waals surface area (Å²) < 4.78 is 10.7. The van der Waals surface area contributed by atoms with Crippen molar-refractivity contribution in [2.24, 2.45) is 0 Å². The summed E-state index contributed by atoms with van der Waals surface area (Å²) >= 11 is 0. The lowest BCUT2D eigenvalue weighted by Gasteiger charge is -2.21. The Morgan fingerprint density at radius 1 is 1.08 bits per heavy atom. The molecule has 5 heteroatoms. The summed E-state index contributed by atoms with van der Waals surface area (Å²) in [6, 6.07) is 13.4. The maximum absolute atomic E-state index is 12.8. The van der Waals surface area contributed by atoms with Crippen molar-refractivity contribution in [2.75, 3.05) is 37.5 Å². The van der Waals surface area contributed by atoms with Gasteiger partial charge >= 0.3 is 0 Å². The number of hydrogen-bond donors (Lipinski definition) is 1. The SMILES string of the molecule is C1CCOC1.CN1C(=O)C2(COc3cc(N)ccc32)c2ccccc21. The highest BCUT2D eigenvalue weighted by atomic mass is 16.5. The van der Waals surface area contributed by atoms with Gasteiger partial charge in [0.15, 0.2) is 0 Å². The molecule has 3 aliphatic rings. The number of benzene rings is 2. The molecule has 0 saturated carbocycles. The molecule has 2 aromatic carbocycles. The Balaban J connectivity index is 0.000000272. The van der Waals surface area contributed by atoms with Crippen LogP contribution in [-0.2, 0) is 14.9 Å². The van der Waals surface area contributed by atoms with Crippen molar-refractivity contribution in [3.8, 4) is 5.75 Å². The van der Waals surface area contributed by atoms with Crippen LogP contribution < -0.4 is 15.4 Å². The molecule has 1 amide bonds. The van der Waals surface area contributed by atoms with Gasteiger partial charge in [-0.2, -0.15) is 0 Å². The molecule has 0 radical (unpaired) electrons. The Morgan fingerprint density at radius 2 is 1.84 bits per heavy atom. The molecule has 130 valence electrons. The van der Waals surface area contributed by atoms with Gasteiger partial charge in [0.25, 0.3) is 0 Å². The number of para-hydroxylation sites is 1. The third kappa shape index (κ3) is 2.38. The number of nitrogens with two attached hydrogens (primary N) is 1. The summed E-state index contributed by atoms with van der Waals surface area (Å²) in [5, 5.41) is 0. The maximum atomic E-state index is 12.8. The quantitative estimate of drug-likeness (QED) is 0.750.